The molecule has 0 aliphatic carbocycles. The summed E-state index contributed by atoms with van der Waals surface area (Å²) in [5.74, 6) is 2.38. The zero-order valence-corrected chi connectivity index (χ0v) is 17.6. The smallest absolute Gasteiger partial charge is 0.325 e. The molecule has 2 aromatic carbocycles. The predicted molar refractivity (Wildman–Crippen MR) is 108 cm³/mol. The highest BCUT2D eigenvalue weighted by Crippen LogP contribution is 2.50. The van der Waals surface area contributed by atoms with Crippen molar-refractivity contribution in [1.82, 2.24) is 5.32 Å². The lowest BCUT2D eigenvalue weighted by Crippen LogP contribution is -2.65. The Hall–Kier alpha value is -2.61. The first-order chi connectivity index (χ1) is 13.4. The van der Waals surface area contributed by atoms with Gasteiger partial charge in [0.2, 0.25) is 0 Å². The van der Waals surface area contributed by atoms with Crippen molar-refractivity contribution >= 4 is 27.6 Å². The molecular weight excluding hydrogens is 428 g/mol. The van der Waals surface area contributed by atoms with Crippen molar-refractivity contribution in [1.29, 1.82) is 0 Å². The van der Waals surface area contributed by atoms with E-state index in [2.05, 4.69) is 21.2 Å². The Kier molecular flexibility index (Phi) is 4.53. The zero-order chi connectivity index (χ0) is 20.1. The molecule has 28 heavy (non-hydrogen) atoms. The Morgan fingerprint density at radius 3 is 2.50 bits per heavy atom. The number of methoxy groups -OCH3 is 3. The largest absolute Gasteiger partial charge is 0.493 e. The first-order valence-corrected chi connectivity index (χ1v) is 9.58. The maximum atomic E-state index is 13.0. The van der Waals surface area contributed by atoms with Gasteiger partial charge in [-0.1, -0.05) is 15.9 Å². The normalized spacial score (nSPS) is 22.7. The van der Waals surface area contributed by atoms with Crippen LogP contribution in [0.1, 0.15) is 24.9 Å². The number of urea groups is 1. The second-order valence-corrected chi connectivity index (χ2v) is 7.80. The molecule has 2 aliphatic rings. The first-order valence-electron chi connectivity index (χ1n) is 8.79. The number of benzene rings is 2. The first kappa shape index (κ1) is 18.7. The van der Waals surface area contributed by atoms with Crippen LogP contribution in [-0.4, -0.2) is 33.1 Å². The highest BCUT2D eigenvalue weighted by molar-refractivity contribution is 9.10. The third kappa shape index (κ3) is 2.83. The highest BCUT2D eigenvalue weighted by atomic mass is 79.9. The minimum absolute atomic E-state index is 0.177. The number of halogens is 1. The van der Waals surface area contributed by atoms with Gasteiger partial charge in [0.25, 0.3) is 0 Å². The lowest BCUT2D eigenvalue weighted by Gasteiger charge is -2.50. The number of carbonyl (C=O) groups excluding carboxylic acids is 1. The maximum Gasteiger partial charge on any atom is 0.325 e. The van der Waals surface area contributed by atoms with Gasteiger partial charge in [-0.15, -0.1) is 0 Å². The summed E-state index contributed by atoms with van der Waals surface area (Å²) in [6.45, 7) is 1.90. The van der Waals surface area contributed by atoms with E-state index in [-0.39, 0.29) is 12.1 Å². The van der Waals surface area contributed by atoms with Crippen LogP contribution in [0.2, 0.25) is 0 Å². The number of anilines is 1. The Bertz CT molecular complexity index is 950. The fraction of sp³-hybridized carbons (Fsp3) is 0.350. The van der Waals surface area contributed by atoms with E-state index in [0.29, 0.717) is 35.1 Å². The third-order valence-corrected chi connectivity index (χ3v) is 5.61. The number of ether oxygens (including phenoxy) is 4. The summed E-state index contributed by atoms with van der Waals surface area (Å²) in [6, 6.07) is 8.73. The summed E-state index contributed by atoms with van der Waals surface area (Å²) in [7, 11) is 4.73. The molecule has 2 atom stereocenters. The number of nitrogens with one attached hydrogen (secondary N) is 1. The van der Waals surface area contributed by atoms with Crippen LogP contribution in [0, 0.1) is 0 Å². The molecule has 1 saturated heterocycles. The fourth-order valence-corrected chi connectivity index (χ4v) is 4.36. The molecule has 2 amide bonds. The van der Waals surface area contributed by atoms with Crippen LogP contribution < -0.4 is 29.2 Å². The quantitative estimate of drug-likeness (QED) is 0.756. The average Bonchev–Trinajstić information content (AvgIpc) is 2.67. The van der Waals surface area contributed by atoms with Crippen molar-refractivity contribution in [2.24, 2.45) is 0 Å². The molecule has 7 nitrogen and oxygen atoms in total. The van der Waals surface area contributed by atoms with Crippen molar-refractivity contribution < 1.29 is 23.7 Å². The van der Waals surface area contributed by atoms with Crippen molar-refractivity contribution in [3.63, 3.8) is 0 Å². The molecule has 0 spiro atoms. The molecule has 2 aromatic rings. The molecule has 1 fully saturated rings. The molecule has 0 unspecified atom stereocenters. The van der Waals surface area contributed by atoms with Gasteiger partial charge in [-0.25, -0.2) is 4.79 Å². The molecule has 0 aromatic heterocycles. The minimum Gasteiger partial charge on any atom is -0.493 e. The van der Waals surface area contributed by atoms with Gasteiger partial charge >= 0.3 is 6.03 Å². The number of hydrogen-bond acceptors (Lipinski definition) is 5. The van der Waals surface area contributed by atoms with E-state index < -0.39 is 5.72 Å². The van der Waals surface area contributed by atoms with Crippen LogP contribution in [0.4, 0.5) is 10.5 Å². The van der Waals surface area contributed by atoms with Gasteiger partial charge in [0.1, 0.15) is 0 Å². The zero-order valence-electron chi connectivity index (χ0n) is 16.0. The van der Waals surface area contributed by atoms with Gasteiger partial charge < -0.3 is 24.3 Å². The van der Waals surface area contributed by atoms with Crippen LogP contribution >= 0.6 is 15.9 Å². The van der Waals surface area contributed by atoms with E-state index >= 15 is 0 Å². The van der Waals surface area contributed by atoms with Gasteiger partial charge in [0.05, 0.1) is 33.1 Å². The van der Waals surface area contributed by atoms with Gasteiger partial charge in [0.15, 0.2) is 28.7 Å². The van der Waals surface area contributed by atoms with E-state index in [1.807, 2.05) is 25.1 Å². The second kappa shape index (κ2) is 6.77. The predicted octanol–water partition coefficient (Wildman–Crippen LogP) is 4.24. The van der Waals surface area contributed by atoms with Crippen LogP contribution in [-0.2, 0) is 0 Å². The molecule has 4 rings (SSSR count). The molecule has 0 saturated carbocycles. The molecule has 2 bridgehead atoms. The lowest BCUT2D eigenvalue weighted by molar-refractivity contribution is 0.0349. The number of nitrogens with zero attached hydrogens (tertiary/aromatic N) is 1. The number of hydrogen-bond donors (Lipinski definition) is 1. The van der Waals surface area contributed by atoms with Crippen molar-refractivity contribution in [3.8, 4) is 23.0 Å². The highest BCUT2D eigenvalue weighted by Gasteiger charge is 2.50. The van der Waals surface area contributed by atoms with Crippen LogP contribution in [0.3, 0.4) is 0 Å². The maximum absolute atomic E-state index is 13.0. The molecule has 1 N–H and O–H groups in total. The number of fused-ring (bicyclic) bond motifs is 4. The molecule has 8 heteroatoms. The number of carbonyl (C=O) groups is 1. The Morgan fingerprint density at radius 2 is 1.82 bits per heavy atom. The van der Waals surface area contributed by atoms with E-state index in [9.17, 15) is 4.79 Å². The lowest BCUT2D eigenvalue weighted by atomic mass is 9.90. The second-order valence-electron chi connectivity index (χ2n) is 6.88. The summed E-state index contributed by atoms with van der Waals surface area (Å²) in [5.41, 5.74) is 0.653. The molecule has 2 heterocycles. The van der Waals surface area contributed by atoms with Crippen LogP contribution in [0.5, 0.6) is 23.0 Å². The van der Waals surface area contributed by atoms with Gasteiger partial charge in [0, 0.05) is 22.5 Å². The minimum atomic E-state index is -0.888. The molecule has 2 aliphatic heterocycles. The van der Waals surface area contributed by atoms with Crippen LogP contribution in [0.15, 0.2) is 34.8 Å². The summed E-state index contributed by atoms with van der Waals surface area (Å²) < 4.78 is 23.5. The van der Waals surface area contributed by atoms with E-state index in [4.69, 9.17) is 18.9 Å². The van der Waals surface area contributed by atoms with Gasteiger partial charge in [-0.3, -0.25) is 4.90 Å². The molecular formula is C20H21BrN2O5. The fourth-order valence-electron chi connectivity index (χ4n) is 3.91. The Morgan fingerprint density at radius 1 is 1.11 bits per heavy atom. The molecule has 148 valence electrons. The average molecular weight is 449 g/mol. The van der Waals surface area contributed by atoms with E-state index in [1.54, 1.807) is 38.4 Å². The van der Waals surface area contributed by atoms with E-state index in [0.717, 1.165) is 10.0 Å². The SMILES string of the molecule is COc1ccc(N2C(=O)N[C@@H]3C[C@]2(C)Oc2c(OC)cc(Br)cc23)cc1OC. The number of amides is 2. The summed E-state index contributed by atoms with van der Waals surface area (Å²) >= 11 is 3.49. The topological polar surface area (TPSA) is 69.3 Å². The Labute approximate surface area is 171 Å². The standard InChI is InChI=1S/C20H21BrN2O5/c1-20-10-14(13-7-11(21)8-17(27-4)18(13)28-20)22-19(24)23(20)12-5-6-15(25-2)16(9-12)26-3/h5-9,14H,10H2,1-4H3,(H,22,24)/t14-,20+/m1/s1. The monoisotopic (exact) mass is 448 g/mol. The van der Waals surface area contributed by atoms with Crippen molar-refractivity contribution in [2.45, 2.75) is 25.1 Å². The Balaban J connectivity index is 1.81. The summed E-state index contributed by atoms with van der Waals surface area (Å²) in [6.07, 6.45) is 0.583. The van der Waals surface area contributed by atoms with Crippen molar-refractivity contribution in [3.05, 3.63) is 40.4 Å². The number of rotatable bonds is 4. The van der Waals surface area contributed by atoms with Gasteiger partial charge in [-0.05, 0) is 31.2 Å². The van der Waals surface area contributed by atoms with Crippen LogP contribution in [0.25, 0.3) is 0 Å². The summed E-state index contributed by atoms with van der Waals surface area (Å²) in [4.78, 5) is 14.6. The van der Waals surface area contributed by atoms with E-state index in [1.165, 1.54) is 0 Å². The van der Waals surface area contributed by atoms with Crippen molar-refractivity contribution in [2.75, 3.05) is 26.2 Å². The third-order valence-electron chi connectivity index (χ3n) is 5.15. The summed E-state index contributed by atoms with van der Waals surface area (Å²) in [5, 5.41) is 3.08. The van der Waals surface area contributed by atoms with Gasteiger partial charge in [-0.2, -0.15) is 0 Å². The molecule has 0 radical (unpaired) electrons.